The summed E-state index contributed by atoms with van der Waals surface area (Å²) in [6.45, 7) is 1.97. The molecular formula is C16H16FN3O. The molecule has 0 fully saturated rings. The molecule has 2 aromatic rings. The van der Waals surface area contributed by atoms with E-state index < -0.39 is 5.82 Å². The zero-order chi connectivity index (χ0) is 15.2. The van der Waals surface area contributed by atoms with Gasteiger partial charge in [0.1, 0.15) is 24.2 Å². The summed E-state index contributed by atoms with van der Waals surface area (Å²) in [7, 11) is 0. The first-order valence-electron chi connectivity index (χ1n) is 6.61. The lowest BCUT2D eigenvalue weighted by Crippen LogP contribution is -2.18. The first kappa shape index (κ1) is 14.9. The lowest BCUT2D eigenvalue weighted by atomic mass is 10.1. The first-order chi connectivity index (χ1) is 10.1. The Labute approximate surface area is 123 Å². The average molecular weight is 285 g/mol. The third kappa shape index (κ3) is 4.01. The summed E-state index contributed by atoms with van der Waals surface area (Å²) >= 11 is 0. The van der Waals surface area contributed by atoms with Gasteiger partial charge in [-0.15, -0.1) is 0 Å². The number of hydrogen-bond acceptors (Lipinski definition) is 4. The molecule has 0 aliphatic heterocycles. The lowest BCUT2D eigenvalue weighted by molar-refractivity contribution is 0.298. The molecule has 1 aromatic heterocycles. The topological polar surface area (TPSA) is 71.9 Å². The molecule has 5 heteroatoms. The van der Waals surface area contributed by atoms with E-state index in [1.54, 1.807) is 30.5 Å². The third-order valence-corrected chi connectivity index (χ3v) is 2.92. The van der Waals surface area contributed by atoms with Crippen molar-refractivity contribution in [1.29, 1.82) is 5.26 Å². The molecule has 1 aromatic carbocycles. The maximum atomic E-state index is 13.9. The number of ether oxygens (including phenoxy) is 1. The van der Waals surface area contributed by atoms with Crippen molar-refractivity contribution in [3.8, 4) is 11.8 Å². The molecule has 0 saturated heterocycles. The van der Waals surface area contributed by atoms with Crippen molar-refractivity contribution >= 4 is 0 Å². The minimum atomic E-state index is -0.540. The van der Waals surface area contributed by atoms with E-state index in [9.17, 15) is 4.39 Å². The van der Waals surface area contributed by atoms with E-state index >= 15 is 0 Å². The smallest absolute Gasteiger partial charge is 0.147 e. The molecule has 2 rings (SSSR count). The fourth-order valence-corrected chi connectivity index (χ4v) is 1.89. The SMILES string of the molecule is CC(N)Cc1ccc(OCc2cccc(C#N)c2F)cn1. The number of aromatic nitrogens is 1. The Morgan fingerprint density at radius 1 is 1.38 bits per heavy atom. The van der Waals surface area contributed by atoms with Gasteiger partial charge in [-0.3, -0.25) is 4.98 Å². The highest BCUT2D eigenvalue weighted by atomic mass is 19.1. The summed E-state index contributed by atoms with van der Waals surface area (Å²) in [5, 5.41) is 8.78. The van der Waals surface area contributed by atoms with Crippen LogP contribution in [-0.2, 0) is 13.0 Å². The molecule has 108 valence electrons. The average Bonchev–Trinajstić information content (AvgIpc) is 2.47. The number of hydrogen-bond donors (Lipinski definition) is 1. The van der Waals surface area contributed by atoms with Crippen LogP contribution in [-0.4, -0.2) is 11.0 Å². The van der Waals surface area contributed by atoms with E-state index in [0.717, 1.165) is 5.69 Å². The van der Waals surface area contributed by atoms with E-state index in [1.807, 2.05) is 13.0 Å². The Hall–Kier alpha value is -2.45. The molecule has 0 saturated carbocycles. The maximum absolute atomic E-state index is 13.9. The Morgan fingerprint density at radius 3 is 2.81 bits per heavy atom. The van der Waals surface area contributed by atoms with E-state index in [2.05, 4.69) is 4.98 Å². The Kier molecular flexibility index (Phi) is 4.85. The van der Waals surface area contributed by atoms with Crippen LogP contribution in [0.2, 0.25) is 0 Å². The minimum absolute atomic E-state index is 0.0153. The van der Waals surface area contributed by atoms with Gasteiger partial charge in [0, 0.05) is 23.7 Å². The second kappa shape index (κ2) is 6.82. The molecule has 0 radical (unpaired) electrons. The van der Waals surface area contributed by atoms with Gasteiger partial charge in [0.05, 0.1) is 11.8 Å². The number of nitrogens with zero attached hydrogens (tertiary/aromatic N) is 2. The number of benzene rings is 1. The fourth-order valence-electron chi connectivity index (χ4n) is 1.89. The van der Waals surface area contributed by atoms with Gasteiger partial charge in [0.15, 0.2) is 0 Å². The van der Waals surface area contributed by atoms with Gasteiger partial charge in [-0.1, -0.05) is 12.1 Å². The summed E-state index contributed by atoms with van der Waals surface area (Å²) in [6.07, 6.45) is 2.28. The highest BCUT2D eigenvalue weighted by Crippen LogP contribution is 2.16. The van der Waals surface area contributed by atoms with Crippen molar-refractivity contribution in [3.05, 3.63) is 59.2 Å². The van der Waals surface area contributed by atoms with Crippen molar-refractivity contribution in [2.45, 2.75) is 26.0 Å². The molecular weight excluding hydrogens is 269 g/mol. The van der Waals surface area contributed by atoms with Crippen LogP contribution in [0, 0.1) is 17.1 Å². The monoisotopic (exact) mass is 285 g/mol. The highest BCUT2D eigenvalue weighted by molar-refractivity contribution is 5.35. The quantitative estimate of drug-likeness (QED) is 0.916. The molecule has 1 atom stereocenters. The van der Waals surface area contributed by atoms with E-state index in [0.29, 0.717) is 17.7 Å². The first-order valence-corrected chi connectivity index (χ1v) is 6.61. The van der Waals surface area contributed by atoms with Gasteiger partial charge in [0.2, 0.25) is 0 Å². The number of pyridine rings is 1. The van der Waals surface area contributed by atoms with Crippen LogP contribution in [0.5, 0.6) is 5.75 Å². The normalized spacial score (nSPS) is 11.7. The van der Waals surface area contributed by atoms with Crippen LogP contribution < -0.4 is 10.5 Å². The molecule has 0 bridgehead atoms. The Balaban J connectivity index is 2.02. The number of nitriles is 1. The van der Waals surface area contributed by atoms with E-state index in [1.165, 1.54) is 6.07 Å². The molecule has 1 heterocycles. The van der Waals surface area contributed by atoms with Crippen molar-refractivity contribution in [2.24, 2.45) is 5.73 Å². The van der Waals surface area contributed by atoms with Crippen molar-refractivity contribution in [1.82, 2.24) is 4.98 Å². The number of halogens is 1. The molecule has 21 heavy (non-hydrogen) atoms. The van der Waals surface area contributed by atoms with Gasteiger partial charge in [0.25, 0.3) is 0 Å². The Morgan fingerprint density at radius 2 is 2.19 bits per heavy atom. The van der Waals surface area contributed by atoms with Crippen LogP contribution in [0.4, 0.5) is 4.39 Å². The highest BCUT2D eigenvalue weighted by Gasteiger charge is 2.08. The predicted molar refractivity (Wildman–Crippen MR) is 77.0 cm³/mol. The molecule has 0 spiro atoms. The summed E-state index contributed by atoms with van der Waals surface area (Å²) in [4.78, 5) is 4.24. The number of nitrogens with two attached hydrogens (primary N) is 1. The second-order valence-corrected chi connectivity index (χ2v) is 4.85. The standard InChI is InChI=1S/C16H16FN3O/c1-11(19)7-14-5-6-15(9-20-14)21-10-13-4-2-3-12(8-18)16(13)17/h2-6,9,11H,7,10,19H2,1H3. The summed E-state index contributed by atoms with van der Waals surface area (Å²) in [5.74, 6) is 0.00622. The largest absolute Gasteiger partial charge is 0.487 e. The van der Waals surface area contributed by atoms with Crippen LogP contribution in [0.1, 0.15) is 23.7 Å². The lowest BCUT2D eigenvalue weighted by Gasteiger charge is -2.09. The molecule has 4 nitrogen and oxygen atoms in total. The van der Waals surface area contributed by atoms with Gasteiger partial charge < -0.3 is 10.5 Å². The van der Waals surface area contributed by atoms with Gasteiger partial charge in [-0.05, 0) is 25.1 Å². The van der Waals surface area contributed by atoms with Crippen molar-refractivity contribution in [2.75, 3.05) is 0 Å². The van der Waals surface area contributed by atoms with Crippen LogP contribution in [0.15, 0.2) is 36.5 Å². The molecule has 2 N–H and O–H groups in total. The molecule has 0 amide bonds. The van der Waals surface area contributed by atoms with E-state index in [4.69, 9.17) is 15.7 Å². The van der Waals surface area contributed by atoms with Crippen LogP contribution in [0.25, 0.3) is 0 Å². The second-order valence-electron chi connectivity index (χ2n) is 4.85. The third-order valence-electron chi connectivity index (χ3n) is 2.92. The molecule has 0 aliphatic rings. The maximum Gasteiger partial charge on any atom is 0.147 e. The number of rotatable bonds is 5. The van der Waals surface area contributed by atoms with Crippen molar-refractivity contribution in [3.63, 3.8) is 0 Å². The van der Waals surface area contributed by atoms with E-state index in [-0.39, 0.29) is 18.2 Å². The van der Waals surface area contributed by atoms with Crippen molar-refractivity contribution < 1.29 is 9.13 Å². The summed E-state index contributed by atoms with van der Waals surface area (Å²) in [5.41, 5.74) is 6.94. The Bertz CT molecular complexity index is 648. The van der Waals surface area contributed by atoms with Gasteiger partial charge in [-0.25, -0.2) is 4.39 Å². The minimum Gasteiger partial charge on any atom is -0.487 e. The zero-order valence-corrected chi connectivity index (χ0v) is 11.7. The van der Waals surface area contributed by atoms with Gasteiger partial charge in [-0.2, -0.15) is 5.26 Å². The predicted octanol–water partition coefficient (Wildman–Crippen LogP) is 2.56. The molecule has 1 unspecified atom stereocenters. The fraction of sp³-hybridized carbons (Fsp3) is 0.250. The summed E-state index contributed by atoms with van der Waals surface area (Å²) in [6, 6.07) is 10.1. The van der Waals surface area contributed by atoms with Crippen LogP contribution in [0.3, 0.4) is 0 Å². The zero-order valence-electron chi connectivity index (χ0n) is 11.7. The summed E-state index contributed by atoms with van der Waals surface area (Å²) < 4.78 is 19.3. The van der Waals surface area contributed by atoms with Gasteiger partial charge >= 0.3 is 0 Å². The van der Waals surface area contributed by atoms with Crippen LogP contribution >= 0.6 is 0 Å². The molecule has 0 aliphatic carbocycles.